The minimum Gasteiger partial charge on any atom is -0.360 e. The number of hydrogen-bond acceptors (Lipinski definition) is 3. The number of piperazine rings is 1. The first-order chi connectivity index (χ1) is 13.6. The fourth-order valence-corrected chi connectivity index (χ4v) is 4.01. The standard InChI is InChI=1S/C21H24FN5S/c1-17-23-27(21(28)26(17)15-18-5-3-2-4-6-18)16-24-11-13-25(14-12-24)20-9-7-19(22)8-10-20/h2-10H,11-16H2,1H3/p+1. The molecule has 0 radical (unpaired) electrons. The molecule has 0 aliphatic carbocycles. The maximum Gasteiger partial charge on any atom is 0.203 e. The summed E-state index contributed by atoms with van der Waals surface area (Å²) in [6, 6.07) is 17.1. The molecule has 0 amide bonds. The van der Waals surface area contributed by atoms with Crippen molar-refractivity contribution in [3.63, 3.8) is 0 Å². The topological polar surface area (TPSA) is 30.4 Å². The number of nitrogens with one attached hydrogen (secondary N) is 1. The summed E-state index contributed by atoms with van der Waals surface area (Å²) in [6.45, 7) is 7.43. The van der Waals surface area contributed by atoms with E-state index in [-0.39, 0.29) is 5.82 Å². The van der Waals surface area contributed by atoms with Crippen LogP contribution < -0.4 is 9.80 Å². The van der Waals surface area contributed by atoms with Crippen LogP contribution in [-0.4, -0.2) is 40.5 Å². The van der Waals surface area contributed by atoms with Crippen molar-refractivity contribution < 1.29 is 9.29 Å². The van der Waals surface area contributed by atoms with Gasteiger partial charge in [0.2, 0.25) is 4.77 Å². The van der Waals surface area contributed by atoms with Crippen molar-refractivity contribution in [1.82, 2.24) is 14.3 Å². The lowest BCUT2D eigenvalue weighted by Crippen LogP contribution is -3.14. The summed E-state index contributed by atoms with van der Waals surface area (Å²) in [5.41, 5.74) is 2.31. The van der Waals surface area contributed by atoms with Gasteiger partial charge in [-0.3, -0.25) is 4.57 Å². The van der Waals surface area contributed by atoms with Crippen molar-refractivity contribution >= 4 is 17.9 Å². The molecular weight excluding hydrogens is 373 g/mol. The fourth-order valence-electron chi connectivity index (χ4n) is 3.70. The molecule has 1 fully saturated rings. The Hall–Kier alpha value is -2.51. The monoisotopic (exact) mass is 398 g/mol. The molecule has 28 heavy (non-hydrogen) atoms. The highest BCUT2D eigenvalue weighted by Crippen LogP contribution is 2.14. The van der Waals surface area contributed by atoms with E-state index < -0.39 is 0 Å². The Balaban J connectivity index is 1.39. The molecule has 7 heteroatoms. The van der Waals surface area contributed by atoms with E-state index in [9.17, 15) is 4.39 Å². The fraction of sp³-hybridized carbons (Fsp3) is 0.333. The van der Waals surface area contributed by atoms with Gasteiger partial charge in [-0.2, -0.15) is 9.78 Å². The SMILES string of the molecule is Cc1nn(C[NH+]2CCN(c3ccc(F)cc3)CC2)c(=S)n1Cc1ccccc1. The lowest BCUT2D eigenvalue weighted by Gasteiger charge is -2.33. The van der Waals surface area contributed by atoms with Gasteiger partial charge in [0, 0.05) is 5.69 Å². The average molecular weight is 399 g/mol. The number of rotatable bonds is 5. The number of benzene rings is 2. The normalized spacial score (nSPS) is 15.1. The number of aromatic nitrogens is 3. The third-order valence-electron chi connectivity index (χ3n) is 5.33. The van der Waals surface area contributed by atoms with Gasteiger partial charge in [-0.1, -0.05) is 30.3 Å². The van der Waals surface area contributed by atoms with Gasteiger partial charge in [-0.05, 0) is 49.0 Å². The number of aryl methyl sites for hydroxylation is 1. The minimum absolute atomic E-state index is 0.191. The third-order valence-corrected chi connectivity index (χ3v) is 5.76. The van der Waals surface area contributed by atoms with Gasteiger partial charge in [0.05, 0.1) is 32.7 Å². The molecule has 146 valence electrons. The van der Waals surface area contributed by atoms with Gasteiger partial charge in [0.15, 0.2) is 6.67 Å². The number of anilines is 1. The first-order valence-electron chi connectivity index (χ1n) is 9.62. The summed E-state index contributed by atoms with van der Waals surface area (Å²) in [5, 5.41) is 4.69. The quantitative estimate of drug-likeness (QED) is 0.669. The molecule has 4 rings (SSSR count). The van der Waals surface area contributed by atoms with Gasteiger partial charge in [0.25, 0.3) is 0 Å². The second-order valence-electron chi connectivity index (χ2n) is 7.27. The summed E-state index contributed by atoms with van der Waals surface area (Å²) < 4.78 is 17.9. The predicted molar refractivity (Wildman–Crippen MR) is 111 cm³/mol. The highest BCUT2D eigenvalue weighted by atomic mass is 32.1. The molecule has 1 aliphatic rings. The average Bonchev–Trinajstić information content (AvgIpc) is 2.97. The number of nitrogens with zero attached hydrogens (tertiary/aromatic N) is 4. The van der Waals surface area contributed by atoms with Crippen molar-refractivity contribution in [2.75, 3.05) is 31.1 Å². The molecule has 1 aromatic heterocycles. The molecule has 0 atom stereocenters. The van der Waals surface area contributed by atoms with Crippen molar-refractivity contribution in [3.05, 3.63) is 76.6 Å². The number of hydrogen-bond donors (Lipinski definition) is 1. The highest BCUT2D eigenvalue weighted by Gasteiger charge is 2.21. The second kappa shape index (κ2) is 8.24. The van der Waals surface area contributed by atoms with Gasteiger partial charge >= 0.3 is 0 Å². The van der Waals surface area contributed by atoms with Crippen LogP contribution in [0.3, 0.4) is 0 Å². The Kier molecular flexibility index (Phi) is 5.54. The van der Waals surface area contributed by atoms with Crippen molar-refractivity contribution in [1.29, 1.82) is 0 Å². The maximum absolute atomic E-state index is 13.1. The van der Waals surface area contributed by atoms with E-state index in [1.807, 2.05) is 41.9 Å². The van der Waals surface area contributed by atoms with Gasteiger partial charge in [0.1, 0.15) is 11.6 Å². The molecule has 2 aromatic carbocycles. The zero-order valence-corrected chi connectivity index (χ0v) is 16.8. The Morgan fingerprint density at radius 1 is 1.04 bits per heavy atom. The molecule has 1 N–H and O–H groups in total. The number of halogens is 1. The Labute approximate surface area is 169 Å². The summed E-state index contributed by atoms with van der Waals surface area (Å²) in [5.74, 6) is 0.752. The van der Waals surface area contributed by atoms with E-state index in [0.29, 0.717) is 0 Å². The summed E-state index contributed by atoms with van der Waals surface area (Å²) in [7, 11) is 0. The van der Waals surface area contributed by atoms with Gasteiger partial charge in [-0.25, -0.2) is 4.39 Å². The molecule has 2 heterocycles. The first kappa shape index (κ1) is 18.8. The molecule has 5 nitrogen and oxygen atoms in total. The summed E-state index contributed by atoms with van der Waals surface area (Å²) >= 11 is 5.70. The molecule has 0 bridgehead atoms. The largest absolute Gasteiger partial charge is 0.360 e. The molecule has 1 saturated heterocycles. The molecule has 0 unspecified atom stereocenters. The van der Waals surface area contributed by atoms with E-state index in [1.165, 1.54) is 22.6 Å². The zero-order chi connectivity index (χ0) is 19.5. The van der Waals surface area contributed by atoms with E-state index in [4.69, 9.17) is 12.2 Å². The second-order valence-corrected chi connectivity index (χ2v) is 7.64. The first-order valence-corrected chi connectivity index (χ1v) is 10.0. The van der Waals surface area contributed by atoms with E-state index >= 15 is 0 Å². The Morgan fingerprint density at radius 2 is 1.71 bits per heavy atom. The van der Waals surface area contributed by atoms with E-state index in [1.54, 1.807) is 0 Å². The van der Waals surface area contributed by atoms with Gasteiger partial charge in [-0.15, -0.1) is 0 Å². The van der Waals surface area contributed by atoms with Crippen LogP contribution in [0, 0.1) is 17.5 Å². The smallest absolute Gasteiger partial charge is 0.203 e. The van der Waals surface area contributed by atoms with Crippen LogP contribution in [0.4, 0.5) is 10.1 Å². The molecule has 1 aliphatic heterocycles. The molecular formula is C21H25FN5S+. The van der Waals surface area contributed by atoms with E-state index in [0.717, 1.165) is 55.7 Å². The van der Waals surface area contributed by atoms with Crippen LogP contribution in [0.2, 0.25) is 0 Å². The zero-order valence-electron chi connectivity index (χ0n) is 16.0. The number of quaternary nitrogens is 1. The van der Waals surface area contributed by atoms with Crippen LogP contribution in [0.1, 0.15) is 11.4 Å². The van der Waals surface area contributed by atoms with Crippen LogP contribution in [0.5, 0.6) is 0 Å². The molecule has 0 spiro atoms. The van der Waals surface area contributed by atoms with Crippen LogP contribution in [0.25, 0.3) is 0 Å². The van der Waals surface area contributed by atoms with Crippen LogP contribution >= 0.6 is 12.2 Å². The lowest BCUT2D eigenvalue weighted by atomic mass is 10.2. The maximum atomic E-state index is 13.1. The van der Waals surface area contributed by atoms with Crippen LogP contribution in [-0.2, 0) is 13.2 Å². The van der Waals surface area contributed by atoms with Crippen molar-refractivity contribution in [2.45, 2.75) is 20.1 Å². The minimum atomic E-state index is -0.191. The van der Waals surface area contributed by atoms with E-state index in [2.05, 4.69) is 26.7 Å². The third kappa shape index (κ3) is 4.15. The highest BCUT2D eigenvalue weighted by molar-refractivity contribution is 7.71. The van der Waals surface area contributed by atoms with Gasteiger partial charge < -0.3 is 9.80 Å². The predicted octanol–water partition coefficient (Wildman–Crippen LogP) is 2.27. The van der Waals surface area contributed by atoms with Crippen molar-refractivity contribution in [2.24, 2.45) is 0 Å². The van der Waals surface area contributed by atoms with Crippen molar-refractivity contribution in [3.8, 4) is 0 Å². The summed E-state index contributed by atoms with van der Waals surface area (Å²) in [6.07, 6.45) is 0. The van der Waals surface area contributed by atoms with Crippen LogP contribution in [0.15, 0.2) is 54.6 Å². The lowest BCUT2D eigenvalue weighted by molar-refractivity contribution is -0.924. The Bertz CT molecular complexity index is 972. The summed E-state index contributed by atoms with van der Waals surface area (Å²) in [4.78, 5) is 3.76. The Morgan fingerprint density at radius 3 is 2.39 bits per heavy atom. The molecule has 3 aromatic rings. The molecule has 0 saturated carbocycles.